The molecule has 5 heteroatoms. The molecule has 1 fully saturated rings. The van der Waals surface area contributed by atoms with Gasteiger partial charge in [-0.2, -0.15) is 5.26 Å². The molecule has 3 rings (SSSR count). The van der Waals surface area contributed by atoms with Crippen molar-refractivity contribution in [2.75, 3.05) is 13.1 Å². The van der Waals surface area contributed by atoms with Crippen molar-refractivity contribution in [1.29, 1.82) is 5.26 Å². The van der Waals surface area contributed by atoms with Crippen LogP contribution >= 0.6 is 0 Å². The first-order valence-electron chi connectivity index (χ1n) is 8.65. The number of hydrogen-bond acceptors (Lipinski definition) is 4. The predicted molar refractivity (Wildman–Crippen MR) is 96.2 cm³/mol. The standard InChI is InChI=1S/C20H23N3O2/c1-20(2,3)25-19(24)23-10-8-14(9-11-23)18-16(13-21)12-15-6-4-5-7-17(15)22-18/h4-7,12,14H,8-11H2,1-3H3. The Morgan fingerprint density at radius 2 is 1.96 bits per heavy atom. The van der Waals surface area contributed by atoms with Gasteiger partial charge in [0.15, 0.2) is 0 Å². The van der Waals surface area contributed by atoms with Crippen LogP contribution in [-0.2, 0) is 4.74 Å². The van der Waals surface area contributed by atoms with Gasteiger partial charge in [0.1, 0.15) is 11.7 Å². The molecule has 2 heterocycles. The molecule has 1 aromatic heterocycles. The number of aromatic nitrogens is 1. The van der Waals surface area contributed by atoms with E-state index < -0.39 is 5.60 Å². The van der Waals surface area contributed by atoms with Crippen LogP contribution in [0.2, 0.25) is 0 Å². The lowest BCUT2D eigenvalue weighted by Crippen LogP contribution is -2.41. The number of nitrogens with zero attached hydrogens (tertiary/aromatic N) is 3. The Morgan fingerprint density at radius 3 is 2.60 bits per heavy atom. The minimum atomic E-state index is -0.484. The predicted octanol–water partition coefficient (Wildman–Crippen LogP) is 4.22. The molecule has 0 spiro atoms. The minimum Gasteiger partial charge on any atom is -0.444 e. The first-order chi connectivity index (χ1) is 11.9. The van der Waals surface area contributed by atoms with Crippen LogP contribution in [-0.4, -0.2) is 34.7 Å². The molecule has 1 aliphatic heterocycles. The molecule has 130 valence electrons. The zero-order valence-corrected chi connectivity index (χ0v) is 15.0. The molecule has 0 bridgehead atoms. The maximum Gasteiger partial charge on any atom is 0.410 e. The molecule has 1 aromatic carbocycles. The van der Waals surface area contributed by atoms with E-state index >= 15 is 0 Å². The van der Waals surface area contributed by atoms with Gasteiger partial charge in [0, 0.05) is 24.4 Å². The molecule has 2 aromatic rings. The summed E-state index contributed by atoms with van der Waals surface area (Å²) in [7, 11) is 0. The summed E-state index contributed by atoms with van der Waals surface area (Å²) in [5.41, 5.74) is 1.91. The fraction of sp³-hybridized carbons (Fsp3) is 0.450. The highest BCUT2D eigenvalue weighted by Gasteiger charge is 2.29. The van der Waals surface area contributed by atoms with E-state index in [0.717, 1.165) is 29.4 Å². The van der Waals surface area contributed by atoms with Crippen LogP contribution in [0.25, 0.3) is 10.9 Å². The molecule has 5 nitrogen and oxygen atoms in total. The third-order valence-electron chi connectivity index (χ3n) is 4.41. The van der Waals surface area contributed by atoms with Crippen LogP contribution in [0.15, 0.2) is 30.3 Å². The van der Waals surface area contributed by atoms with Crippen molar-refractivity contribution in [1.82, 2.24) is 9.88 Å². The second-order valence-electron chi connectivity index (χ2n) is 7.47. The molecule has 0 atom stereocenters. The quantitative estimate of drug-likeness (QED) is 0.781. The number of pyridine rings is 1. The summed E-state index contributed by atoms with van der Waals surface area (Å²) in [4.78, 5) is 18.7. The highest BCUT2D eigenvalue weighted by Crippen LogP contribution is 2.31. The maximum atomic E-state index is 12.2. The number of rotatable bonds is 1. The van der Waals surface area contributed by atoms with E-state index in [9.17, 15) is 10.1 Å². The average Bonchev–Trinajstić information content (AvgIpc) is 2.59. The van der Waals surface area contributed by atoms with Crippen molar-refractivity contribution in [2.45, 2.75) is 45.1 Å². The molecule has 0 aliphatic carbocycles. The first kappa shape index (κ1) is 17.2. The Hall–Kier alpha value is -2.61. The lowest BCUT2D eigenvalue weighted by atomic mass is 9.90. The minimum absolute atomic E-state index is 0.193. The van der Waals surface area contributed by atoms with Gasteiger partial charge in [0.25, 0.3) is 0 Å². The van der Waals surface area contributed by atoms with Gasteiger partial charge in [-0.1, -0.05) is 18.2 Å². The summed E-state index contributed by atoms with van der Waals surface area (Å²) >= 11 is 0. The molecular formula is C20H23N3O2. The zero-order valence-electron chi connectivity index (χ0n) is 15.0. The fourth-order valence-corrected chi connectivity index (χ4v) is 3.19. The van der Waals surface area contributed by atoms with Crippen molar-refractivity contribution < 1.29 is 9.53 Å². The molecular weight excluding hydrogens is 314 g/mol. The van der Waals surface area contributed by atoms with Crippen molar-refractivity contribution in [3.8, 4) is 6.07 Å². The van der Waals surface area contributed by atoms with E-state index in [0.29, 0.717) is 18.7 Å². The lowest BCUT2D eigenvalue weighted by Gasteiger charge is -2.33. The van der Waals surface area contributed by atoms with E-state index in [1.807, 2.05) is 51.1 Å². The third-order valence-corrected chi connectivity index (χ3v) is 4.41. The average molecular weight is 337 g/mol. The van der Waals surface area contributed by atoms with Crippen LogP contribution in [0.1, 0.15) is 50.8 Å². The summed E-state index contributed by atoms with van der Waals surface area (Å²) in [6.07, 6.45) is 1.32. The van der Waals surface area contributed by atoms with Gasteiger partial charge >= 0.3 is 6.09 Å². The van der Waals surface area contributed by atoms with Crippen molar-refractivity contribution in [3.63, 3.8) is 0 Å². The van der Waals surface area contributed by atoms with E-state index in [1.54, 1.807) is 4.90 Å². The molecule has 25 heavy (non-hydrogen) atoms. The van der Waals surface area contributed by atoms with Gasteiger partial charge in [-0.15, -0.1) is 0 Å². The van der Waals surface area contributed by atoms with E-state index in [4.69, 9.17) is 9.72 Å². The van der Waals surface area contributed by atoms with E-state index in [-0.39, 0.29) is 12.0 Å². The number of benzene rings is 1. The Labute approximate surface area is 148 Å². The van der Waals surface area contributed by atoms with Crippen LogP contribution in [0, 0.1) is 11.3 Å². The molecule has 0 N–H and O–H groups in total. The molecule has 0 unspecified atom stereocenters. The first-order valence-corrected chi connectivity index (χ1v) is 8.65. The van der Waals surface area contributed by atoms with Gasteiger partial charge in [-0.05, 0) is 45.7 Å². The highest BCUT2D eigenvalue weighted by atomic mass is 16.6. The Bertz CT molecular complexity index is 825. The molecule has 0 radical (unpaired) electrons. The number of likely N-dealkylation sites (tertiary alicyclic amines) is 1. The number of fused-ring (bicyclic) bond motifs is 1. The van der Waals surface area contributed by atoms with Crippen molar-refractivity contribution in [2.24, 2.45) is 0 Å². The summed E-state index contributed by atoms with van der Waals surface area (Å²) in [6.45, 7) is 6.86. The van der Waals surface area contributed by atoms with Gasteiger partial charge in [0.2, 0.25) is 0 Å². The second kappa shape index (κ2) is 6.72. The Morgan fingerprint density at radius 1 is 1.28 bits per heavy atom. The lowest BCUT2D eigenvalue weighted by molar-refractivity contribution is 0.0204. The van der Waals surface area contributed by atoms with Crippen molar-refractivity contribution >= 4 is 17.0 Å². The largest absolute Gasteiger partial charge is 0.444 e. The number of carbonyl (C=O) groups is 1. The molecule has 1 amide bonds. The molecule has 1 saturated heterocycles. The number of piperidine rings is 1. The van der Waals surface area contributed by atoms with E-state index in [2.05, 4.69) is 6.07 Å². The number of nitriles is 1. The summed E-state index contributed by atoms with van der Waals surface area (Å²) in [5, 5.41) is 10.5. The molecule has 1 aliphatic rings. The summed E-state index contributed by atoms with van der Waals surface area (Å²) in [5.74, 6) is 0.193. The van der Waals surface area contributed by atoms with Crippen LogP contribution < -0.4 is 0 Å². The van der Waals surface area contributed by atoms with Gasteiger partial charge in [-0.25, -0.2) is 4.79 Å². The number of para-hydroxylation sites is 1. The summed E-state index contributed by atoms with van der Waals surface area (Å²) in [6, 6.07) is 12.0. The van der Waals surface area contributed by atoms with Gasteiger partial charge < -0.3 is 9.64 Å². The number of carbonyl (C=O) groups excluding carboxylic acids is 1. The number of hydrogen-bond donors (Lipinski definition) is 0. The van der Waals surface area contributed by atoms with Crippen LogP contribution in [0.5, 0.6) is 0 Å². The Balaban J connectivity index is 1.76. The number of amides is 1. The molecule has 0 saturated carbocycles. The smallest absolute Gasteiger partial charge is 0.410 e. The van der Waals surface area contributed by atoms with Gasteiger partial charge in [-0.3, -0.25) is 4.98 Å². The maximum absolute atomic E-state index is 12.2. The fourth-order valence-electron chi connectivity index (χ4n) is 3.19. The third kappa shape index (κ3) is 3.90. The Kier molecular flexibility index (Phi) is 4.63. The zero-order chi connectivity index (χ0) is 18.0. The van der Waals surface area contributed by atoms with Crippen molar-refractivity contribution in [3.05, 3.63) is 41.6 Å². The van der Waals surface area contributed by atoms with Gasteiger partial charge in [0.05, 0.1) is 16.8 Å². The second-order valence-corrected chi connectivity index (χ2v) is 7.47. The summed E-state index contributed by atoms with van der Waals surface area (Å²) < 4.78 is 5.44. The normalized spacial score (nSPS) is 15.8. The van der Waals surface area contributed by atoms with Crippen LogP contribution in [0.3, 0.4) is 0 Å². The van der Waals surface area contributed by atoms with Crippen LogP contribution in [0.4, 0.5) is 4.79 Å². The highest BCUT2D eigenvalue weighted by molar-refractivity contribution is 5.80. The number of ether oxygens (including phenoxy) is 1. The van der Waals surface area contributed by atoms with E-state index in [1.165, 1.54) is 0 Å². The SMILES string of the molecule is CC(C)(C)OC(=O)N1CCC(c2nc3ccccc3cc2C#N)CC1. The topological polar surface area (TPSA) is 66.2 Å². The monoisotopic (exact) mass is 337 g/mol.